The molecule has 2 aromatic carbocycles. The summed E-state index contributed by atoms with van der Waals surface area (Å²) < 4.78 is 35.0. The predicted molar refractivity (Wildman–Crippen MR) is 164 cm³/mol. The normalized spacial score (nSPS) is 18.1. The number of ether oxygens (including phenoxy) is 2. The fourth-order valence-corrected chi connectivity index (χ4v) is 4.99. The molecule has 2 aliphatic heterocycles. The van der Waals surface area contributed by atoms with Crippen molar-refractivity contribution in [2.45, 2.75) is 98.6 Å². The van der Waals surface area contributed by atoms with Crippen LogP contribution in [0.5, 0.6) is 5.75 Å². The SMILES string of the molecule is CC.CC(C)(C)OC(=O)N1CCC2C1CCN2C(=O)C(NC(=O)OCc1ccccc1)C(C)(C)C.Oc1ccc(F)c(F)c1. The summed E-state index contributed by atoms with van der Waals surface area (Å²) in [5, 5.41) is 11.3. The Balaban J connectivity index is 0.000000519. The van der Waals surface area contributed by atoms with Crippen LogP contribution in [-0.4, -0.2) is 69.8 Å². The molecule has 9 nitrogen and oxygen atoms in total. The van der Waals surface area contributed by atoms with Gasteiger partial charge >= 0.3 is 12.2 Å². The van der Waals surface area contributed by atoms with Gasteiger partial charge in [-0.3, -0.25) is 4.79 Å². The predicted octanol–water partition coefficient (Wildman–Crippen LogP) is 6.63. The summed E-state index contributed by atoms with van der Waals surface area (Å²) in [6.07, 6.45) is 0.444. The smallest absolute Gasteiger partial charge is 0.410 e. The van der Waals surface area contributed by atoms with Crippen LogP contribution in [-0.2, 0) is 20.9 Å². The summed E-state index contributed by atoms with van der Waals surface area (Å²) in [5.41, 5.74) is -0.198. The molecular weight excluding hydrogens is 572 g/mol. The second kappa shape index (κ2) is 15.7. The minimum atomic E-state index is -1.03. The van der Waals surface area contributed by atoms with Crippen LogP contribution in [0.25, 0.3) is 0 Å². The van der Waals surface area contributed by atoms with Gasteiger partial charge < -0.3 is 29.7 Å². The van der Waals surface area contributed by atoms with E-state index in [1.165, 1.54) is 0 Å². The first-order valence-corrected chi connectivity index (χ1v) is 15.0. The lowest BCUT2D eigenvalue weighted by molar-refractivity contribution is -0.136. The highest BCUT2D eigenvalue weighted by Crippen LogP contribution is 2.34. The fourth-order valence-electron chi connectivity index (χ4n) is 4.99. The van der Waals surface area contributed by atoms with Crippen molar-refractivity contribution in [2.75, 3.05) is 13.1 Å². The second-order valence-electron chi connectivity index (χ2n) is 12.5. The zero-order valence-electron chi connectivity index (χ0n) is 27.0. The van der Waals surface area contributed by atoms with Crippen molar-refractivity contribution in [3.05, 3.63) is 65.7 Å². The number of aromatic hydroxyl groups is 1. The van der Waals surface area contributed by atoms with E-state index in [-0.39, 0.29) is 36.4 Å². The van der Waals surface area contributed by atoms with Gasteiger partial charge in [0, 0.05) is 19.2 Å². The maximum atomic E-state index is 13.6. The molecular formula is C33H47F2N3O6. The first-order chi connectivity index (χ1) is 20.6. The van der Waals surface area contributed by atoms with E-state index in [1.807, 2.05) is 90.6 Å². The van der Waals surface area contributed by atoms with Crippen LogP contribution < -0.4 is 5.32 Å². The van der Waals surface area contributed by atoms with Crippen LogP contribution in [0.2, 0.25) is 0 Å². The molecule has 0 bridgehead atoms. The Morgan fingerprint density at radius 3 is 2.00 bits per heavy atom. The number of nitrogens with one attached hydrogen (secondary N) is 1. The molecule has 2 N–H and O–H groups in total. The average molecular weight is 620 g/mol. The molecule has 0 radical (unpaired) electrons. The molecule has 0 aromatic heterocycles. The molecule has 0 aliphatic carbocycles. The number of amides is 3. The van der Waals surface area contributed by atoms with Crippen LogP contribution in [0.3, 0.4) is 0 Å². The summed E-state index contributed by atoms with van der Waals surface area (Å²) in [6.45, 7) is 16.5. The molecule has 2 fully saturated rings. The Bertz CT molecular complexity index is 1250. The molecule has 44 heavy (non-hydrogen) atoms. The zero-order valence-corrected chi connectivity index (χ0v) is 27.0. The third kappa shape index (κ3) is 10.4. The van der Waals surface area contributed by atoms with E-state index in [0.717, 1.165) is 23.8 Å². The number of carbonyl (C=O) groups is 3. The summed E-state index contributed by atoms with van der Waals surface area (Å²) in [7, 11) is 0. The maximum Gasteiger partial charge on any atom is 0.410 e. The van der Waals surface area contributed by atoms with Gasteiger partial charge in [0.2, 0.25) is 5.91 Å². The molecule has 4 rings (SSSR count). The summed E-state index contributed by atoms with van der Waals surface area (Å²) in [4.78, 5) is 42.3. The number of alkyl carbamates (subject to hydrolysis) is 1. The summed E-state index contributed by atoms with van der Waals surface area (Å²) >= 11 is 0. The number of rotatable bonds is 4. The molecule has 2 aromatic rings. The van der Waals surface area contributed by atoms with Crippen molar-refractivity contribution in [3.8, 4) is 5.75 Å². The Kier molecular flexibility index (Phi) is 13.0. The fraction of sp³-hybridized carbons (Fsp3) is 0.545. The van der Waals surface area contributed by atoms with Crippen LogP contribution in [0.1, 0.15) is 73.8 Å². The summed E-state index contributed by atoms with van der Waals surface area (Å²) in [6, 6.07) is 11.2. The van der Waals surface area contributed by atoms with Crippen molar-refractivity contribution in [2.24, 2.45) is 5.41 Å². The van der Waals surface area contributed by atoms with E-state index in [9.17, 15) is 23.2 Å². The number of carbonyl (C=O) groups excluding carboxylic acids is 3. The number of benzene rings is 2. The molecule has 2 saturated heterocycles. The van der Waals surface area contributed by atoms with Crippen LogP contribution in [0.4, 0.5) is 18.4 Å². The van der Waals surface area contributed by atoms with Crippen LogP contribution in [0.15, 0.2) is 48.5 Å². The van der Waals surface area contributed by atoms with Crippen LogP contribution >= 0.6 is 0 Å². The first kappa shape index (κ1) is 36.3. The lowest BCUT2D eigenvalue weighted by Crippen LogP contribution is -2.56. The summed E-state index contributed by atoms with van der Waals surface area (Å²) in [5.74, 6) is -2.39. The highest BCUT2D eigenvalue weighted by atomic mass is 19.2. The zero-order chi connectivity index (χ0) is 33.2. The Labute approximate surface area is 259 Å². The number of likely N-dealkylation sites (tertiary alicyclic amines) is 2. The van der Waals surface area contributed by atoms with E-state index in [2.05, 4.69) is 5.32 Å². The minimum Gasteiger partial charge on any atom is -0.508 e. The van der Waals surface area contributed by atoms with Crippen LogP contribution in [0, 0.1) is 17.0 Å². The van der Waals surface area contributed by atoms with Crippen molar-refractivity contribution >= 4 is 18.1 Å². The van der Waals surface area contributed by atoms with Gasteiger partial charge in [0.05, 0.1) is 12.1 Å². The number of hydrogen-bond donors (Lipinski definition) is 2. The highest BCUT2D eigenvalue weighted by Gasteiger charge is 2.49. The molecule has 0 spiro atoms. The Morgan fingerprint density at radius 2 is 1.48 bits per heavy atom. The van der Waals surface area contributed by atoms with Gasteiger partial charge in [0.25, 0.3) is 0 Å². The molecule has 2 heterocycles. The lowest BCUT2D eigenvalue weighted by atomic mass is 9.85. The average Bonchev–Trinajstić information content (AvgIpc) is 3.56. The lowest BCUT2D eigenvalue weighted by Gasteiger charge is -2.35. The standard InChI is InChI=1S/C25H37N3O5.C6H4F2O.C2H6/c1-24(2,3)20(26-22(30)32-16-17-10-8-7-9-11-17)21(29)27-14-12-19-18(27)13-15-28(19)23(31)33-25(4,5)6;7-5-2-1-4(9)3-6(5)8;1-2/h7-11,18-20H,12-16H2,1-6H3,(H,26,30);1-3,9H;1-2H3. The topological polar surface area (TPSA) is 108 Å². The van der Waals surface area contributed by atoms with E-state index in [1.54, 1.807) is 4.90 Å². The van der Waals surface area contributed by atoms with Gasteiger partial charge in [-0.25, -0.2) is 18.4 Å². The third-order valence-corrected chi connectivity index (χ3v) is 6.98. The Morgan fingerprint density at radius 1 is 0.909 bits per heavy atom. The van der Waals surface area contributed by atoms with Crippen molar-refractivity contribution < 1.29 is 37.7 Å². The van der Waals surface area contributed by atoms with Gasteiger partial charge in [-0.2, -0.15) is 0 Å². The molecule has 244 valence electrons. The van der Waals surface area contributed by atoms with E-state index in [0.29, 0.717) is 25.9 Å². The largest absolute Gasteiger partial charge is 0.508 e. The number of phenolic OH excluding ortho intramolecular Hbond substituents is 1. The van der Waals surface area contributed by atoms with Gasteiger partial charge in [-0.15, -0.1) is 0 Å². The molecule has 3 atom stereocenters. The second-order valence-corrected chi connectivity index (χ2v) is 12.5. The molecule has 0 saturated carbocycles. The highest BCUT2D eigenvalue weighted by molar-refractivity contribution is 5.87. The van der Waals surface area contributed by atoms with E-state index in [4.69, 9.17) is 14.6 Å². The number of nitrogens with zero attached hydrogens (tertiary/aromatic N) is 2. The molecule has 2 aliphatic rings. The quantitative estimate of drug-likeness (QED) is 0.398. The third-order valence-electron chi connectivity index (χ3n) is 6.98. The molecule has 3 unspecified atom stereocenters. The van der Waals surface area contributed by atoms with Gasteiger partial charge in [0.15, 0.2) is 11.6 Å². The first-order valence-electron chi connectivity index (χ1n) is 15.0. The number of hydrogen-bond acceptors (Lipinski definition) is 6. The van der Waals surface area contributed by atoms with E-state index >= 15 is 0 Å². The van der Waals surface area contributed by atoms with E-state index < -0.39 is 34.8 Å². The van der Waals surface area contributed by atoms with Gasteiger partial charge in [-0.05, 0) is 56.7 Å². The maximum absolute atomic E-state index is 13.6. The Hall–Kier alpha value is -3.89. The van der Waals surface area contributed by atoms with Gasteiger partial charge in [-0.1, -0.05) is 65.0 Å². The number of phenols is 1. The van der Waals surface area contributed by atoms with Gasteiger partial charge in [0.1, 0.15) is 24.0 Å². The molecule has 11 heteroatoms. The van der Waals surface area contributed by atoms with Crippen molar-refractivity contribution in [3.63, 3.8) is 0 Å². The number of halogens is 2. The minimum absolute atomic E-state index is 0.0607. The van der Waals surface area contributed by atoms with Crippen molar-refractivity contribution in [1.29, 1.82) is 0 Å². The van der Waals surface area contributed by atoms with Crippen molar-refractivity contribution in [1.82, 2.24) is 15.1 Å². The monoisotopic (exact) mass is 619 g/mol. The number of fused-ring (bicyclic) bond motifs is 1. The molecule has 3 amide bonds.